The van der Waals surface area contributed by atoms with Crippen LogP contribution in [0, 0.1) is 17.2 Å². The molecule has 0 radical (unpaired) electrons. The minimum Gasteiger partial charge on any atom is -0.398 e. The molecule has 2 aromatic carbocycles. The first-order chi connectivity index (χ1) is 10.9. The van der Waals surface area contributed by atoms with Gasteiger partial charge in [-0.3, -0.25) is 4.79 Å². The zero-order valence-electron chi connectivity index (χ0n) is 13.7. The Morgan fingerprint density at radius 3 is 2.70 bits per heavy atom. The largest absolute Gasteiger partial charge is 0.398 e. The van der Waals surface area contributed by atoms with Crippen LogP contribution in [0.4, 0.5) is 5.69 Å². The monoisotopic (exact) mass is 307 g/mol. The van der Waals surface area contributed by atoms with Crippen molar-refractivity contribution in [3.8, 4) is 6.07 Å². The summed E-state index contributed by atoms with van der Waals surface area (Å²) in [5.41, 5.74) is 8.60. The summed E-state index contributed by atoms with van der Waals surface area (Å²) in [6.45, 7) is 6.67. The number of amides is 1. The summed E-state index contributed by atoms with van der Waals surface area (Å²) >= 11 is 0. The Hall–Kier alpha value is -2.80. The van der Waals surface area contributed by atoms with Gasteiger partial charge in [-0.1, -0.05) is 26.0 Å². The minimum atomic E-state index is -0.0914. The molecule has 0 bridgehead atoms. The third-order valence-electron chi connectivity index (χ3n) is 3.62. The van der Waals surface area contributed by atoms with Crippen molar-refractivity contribution in [3.05, 3.63) is 47.5 Å². The molecule has 0 heterocycles. The first kappa shape index (κ1) is 16.6. The number of fused-ring (bicyclic) bond motifs is 1. The normalized spacial score (nSPS) is 11.5. The third kappa shape index (κ3) is 4.10. The maximum absolute atomic E-state index is 11.9. The fraction of sp³-hybridized carbons (Fsp3) is 0.263. The van der Waals surface area contributed by atoms with E-state index in [-0.39, 0.29) is 5.91 Å². The molecule has 0 aliphatic rings. The highest BCUT2D eigenvalue weighted by molar-refractivity contribution is 5.96. The van der Waals surface area contributed by atoms with Crippen LogP contribution in [0.3, 0.4) is 0 Å². The number of carbonyl (C=O) groups excluding carboxylic acids is 1. The molecule has 1 amide bonds. The Bertz CT molecular complexity index is 813. The van der Waals surface area contributed by atoms with Gasteiger partial charge in [-0.25, -0.2) is 0 Å². The summed E-state index contributed by atoms with van der Waals surface area (Å²) in [4.78, 5) is 11.9. The van der Waals surface area contributed by atoms with Gasteiger partial charge in [0, 0.05) is 12.6 Å². The number of anilines is 1. The van der Waals surface area contributed by atoms with Crippen LogP contribution in [-0.2, 0) is 4.79 Å². The maximum Gasteiger partial charge on any atom is 0.244 e. The molecule has 4 nitrogen and oxygen atoms in total. The van der Waals surface area contributed by atoms with E-state index in [0.717, 1.165) is 21.9 Å². The number of benzene rings is 2. The summed E-state index contributed by atoms with van der Waals surface area (Å²) in [5.74, 6) is 0.328. The Morgan fingerprint density at radius 1 is 1.30 bits per heavy atom. The number of nitrogens with zero attached hydrogens (tertiary/aromatic N) is 1. The van der Waals surface area contributed by atoms with Gasteiger partial charge in [-0.15, -0.1) is 0 Å². The molecule has 0 saturated heterocycles. The number of nitrogens with one attached hydrogen (secondary N) is 1. The van der Waals surface area contributed by atoms with Crippen LogP contribution in [0.5, 0.6) is 0 Å². The van der Waals surface area contributed by atoms with Crippen LogP contribution in [0.15, 0.2) is 36.4 Å². The van der Waals surface area contributed by atoms with E-state index in [1.54, 1.807) is 18.2 Å². The SMILES string of the molecule is C/C(=C\C(=O)NCC(C)C)c1ccc2cc(N)c(C#N)cc2c1. The van der Waals surface area contributed by atoms with E-state index in [9.17, 15) is 4.79 Å². The third-order valence-corrected chi connectivity index (χ3v) is 3.62. The van der Waals surface area contributed by atoms with Crippen LogP contribution < -0.4 is 11.1 Å². The van der Waals surface area contributed by atoms with E-state index < -0.39 is 0 Å². The zero-order chi connectivity index (χ0) is 17.0. The molecule has 4 heteroatoms. The van der Waals surface area contributed by atoms with E-state index >= 15 is 0 Å². The van der Waals surface area contributed by atoms with Crippen LogP contribution in [0.1, 0.15) is 31.9 Å². The van der Waals surface area contributed by atoms with Crippen molar-refractivity contribution in [1.82, 2.24) is 5.32 Å². The van der Waals surface area contributed by atoms with Gasteiger partial charge in [-0.2, -0.15) is 5.26 Å². The Kier molecular flexibility index (Phi) is 5.02. The Labute approximate surface area is 136 Å². The van der Waals surface area contributed by atoms with Crippen LogP contribution >= 0.6 is 0 Å². The van der Waals surface area contributed by atoms with Gasteiger partial charge in [0.1, 0.15) is 6.07 Å². The summed E-state index contributed by atoms with van der Waals surface area (Å²) in [5, 5.41) is 13.9. The van der Waals surface area contributed by atoms with Crippen LogP contribution in [-0.4, -0.2) is 12.5 Å². The molecular formula is C19H21N3O. The molecule has 0 aliphatic heterocycles. The maximum atomic E-state index is 11.9. The number of nitrogens with two attached hydrogens (primary N) is 1. The predicted molar refractivity (Wildman–Crippen MR) is 94.6 cm³/mol. The molecule has 0 atom stereocenters. The molecule has 0 fully saturated rings. The Balaban J connectivity index is 2.31. The lowest BCUT2D eigenvalue weighted by Gasteiger charge is -2.08. The predicted octanol–water partition coefficient (Wildman–Crippen LogP) is 3.47. The average Bonchev–Trinajstić information content (AvgIpc) is 2.51. The highest BCUT2D eigenvalue weighted by atomic mass is 16.1. The lowest BCUT2D eigenvalue weighted by molar-refractivity contribution is -0.116. The Morgan fingerprint density at radius 2 is 2.04 bits per heavy atom. The van der Waals surface area contributed by atoms with E-state index in [1.165, 1.54) is 0 Å². The van der Waals surface area contributed by atoms with Crippen LogP contribution in [0.25, 0.3) is 16.3 Å². The van der Waals surface area contributed by atoms with Crippen molar-refractivity contribution in [2.75, 3.05) is 12.3 Å². The smallest absolute Gasteiger partial charge is 0.244 e. The quantitative estimate of drug-likeness (QED) is 0.670. The molecule has 2 aromatic rings. The van der Waals surface area contributed by atoms with Gasteiger partial charge in [-0.05, 0) is 52.9 Å². The molecule has 118 valence electrons. The minimum absolute atomic E-state index is 0.0914. The summed E-state index contributed by atoms with van der Waals surface area (Å²) < 4.78 is 0. The van der Waals surface area contributed by atoms with E-state index in [1.807, 2.05) is 25.1 Å². The molecule has 0 saturated carbocycles. The number of carbonyl (C=O) groups is 1. The second-order valence-electron chi connectivity index (χ2n) is 6.08. The van der Waals surface area contributed by atoms with E-state index in [2.05, 4.69) is 25.2 Å². The summed E-state index contributed by atoms with van der Waals surface area (Å²) in [7, 11) is 0. The second-order valence-corrected chi connectivity index (χ2v) is 6.08. The standard InChI is InChI=1S/C19H21N3O/c1-12(2)11-22-19(23)6-13(3)14-4-5-15-9-18(21)17(10-20)8-16(15)7-14/h4-9,12H,11,21H2,1-3H3,(H,22,23)/b13-6+. The van der Waals surface area contributed by atoms with Gasteiger partial charge in [0.15, 0.2) is 0 Å². The van der Waals surface area contributed by atoms with Crippen molar-refractivity contribution < 1.29 is 4.79 Å². The van der Waals surface area contributed by atoms with Crippen molar-refractivity contribution >= 4 is 27.9 Å². The number of allylic oxidation sites excluding steroid dienone is 1. The highest BCUT2D eigenvalue weighted by Gasteiger charge is 2.05. The molecule has 0 unspecified atom stereocenters. The fourth-order valence-electron chi connectivity index (χ4n) is 2.29. The van der Waals surface area contributed by atoms with Gasteiger partial charge < -0.3 is 11.1 Å². The number of nitrogen functional groups attached to an aromatic ring is 1. The molecule has 3 N–H and O–H groups in total. The molecule has 0 aromatic heterocycles. The van der Waals surface area contributed by atoms with Crippen molar-refractivity contribution in [2.45, 2.75) is 20.8 Å². The van der Waals surface area contributed by atoms with Gasteiger partial charge >= 0.3 is 0 Å². The number of nitriles is 1. The van der Waals surface area contributed by atoms with Crippen molar-refractivity contribution in [2.24, 2.45) is 5.92 Å². The first-order valence-electron chi connectivity index (χ1n) is 7.60. The average molecular weight is 307 g/mol. The molecule has 0 aliphatic carbocycles. The van der Waals surface area contributed by atoms with E-state index in [0.29, 0.717) is 23.7 Å². The highest BCUT2D eigenvalue weighted by Crippen LogP contribution is 2.25. The first-order valence-corrected chi connectivity index (χ1v) is 7.60. The summed E-state index contributed by atoms with van der Waals surface area (Å²) in [6.07, 6.45) is 1.60. The molecule has 2 rings (SSSR count). The fourth-order valence-corrected chi connectivity index (χ4v) is 2.29. The van der Waals surface area contributed by atoms with E-state index in [4.69, 9.17) is 11.0 Å². The van der Waals surface area contributed by atoms with Crippen molar-refractivity contribution in [1.29, 1.82) is 5.26 Å². The summed E-state index contributed by atoms with van der Waals surface area (Å²) in [6, 6.07) is 11.5. The van der Waals surface area contributed by atoms with Gasteiger partial charge in [0.2, 0.25) is 5.91 Å². The lowest BCUT2D eigenvalue weighted by Crippen LogP contribution is -2.25. The zero-order valence-corrected chi connectivity index (χ0v) is 13.7. The van der Waals surface area contributed by atoms with Gasteiger partial charge in [0.25, 0.3) is 0 Å². The number of rotatable bonds is 4. The molecular weight excluding hydrogens is 286 g/mol. The topological polar surface area (TPSA) is 78.9 Å². The number of hydrogen-bond donors (Lipinski definition) is 2. The lowest BCUT2D eigenvalue weighted by atomic mass is 9.99. The molecule has 23 heavy (non-hydrogen) atoms. The molecule has 0 spiro atoms. The van der Waals surface area contributed by atoms with Crippen molar-refractivity contribution in [3.63, 3.8) is 0 Å². The number of hydrogen-bond acceptors (Lipinski definition) is 3. The van der Waals surface area contributed by atoms with Crippen LogP contribution in [0.2, 0.25) is 0 Å². The van der Waals surface area contributed by atoms with Gasteiger partial charge in [0.05, 0.1) is 11.3 Å². The second kappa shape index (κ2) is 6.97.